The third-order valence-corrected chi connectivity index (χ3v) is 5.79. The molecule has 1 aromatic rings. The van der Waals surface area contributed by atoms with Gasteiger partial charge in [-0.05, 0) is 39.5 Å². The smallest absolute Gasteiger partial charge is 0.408 e. The number of amides is 1. The lowest BCUT2D eigenvalue weighted by molar-refractivity contribution is -0.122. The van der Waals surface area contributed by atoms with Crippen molar-refractivity contribution in [3.8, 4) is 0 Å². The van der Waals surface area contributed by atoms with Crippen LogP contribution in [-0.4, -0.2) is 62.3 Å². The summed E-state index contributed by atoms with van der Waals surface area (Å²) in [6, 6.07) is 2.01. The van der Waals surface area contributed by atoms with E-state index < -0.39 is 11.6 Å². The number of nitrogens with two attached hydrogens (primary N) is 1. The van der Waals surface area contributed by atoms with E-state index in [4.69, 9.17) is 15.6 Å². The topological polar surface area (TPSA) is 133 Å². The van der Waals surface area contributed by atoms with Gasteiger partial charge in [-0.1, -0.05) is 32.1 Å². The van der Waals surface area contributed by atoms with Crippen molar-refractivity contribution in [2.75, 3.05) is 23.7 Å². The average Bonchev–Trinajstić information content (AvgIpc) is 3.10. The molecule has 2 heterocycles. The predicted octanol–water partition coefficient (Wildman–Crippen LogP) is 3.24. The fourth-order valence-corrected chi connectivity index (χ4v) is 4.61. The van der Waals surface area contributed by atoms with Gasteiger partial charge in [-0.25, -0.2) is 9.78 Å². The van der Waals surface area contributed by atoms with E-state index in [1.165, 1.54) is 32.1 Å². The molecule has 3 rings (SSSR count). The van der Waals surface area contributed by atoms with Gasteiger partial charge in [-0.2, -0.15) is 4.98 Å². The molecule has 0 aromatic carbocycles. The van der Waals surface area contributed by atoms with Crippen LogP contribution in [0.5, 0.6) is 0 Å². The molecule has 2 fully saturated rings. The van der Waals surface area contributed by atoms with Crippen molar-refractivity contribution in [3.05, 3.63) is 11.8 Å². The molecule has 0 bridgehead atoms. The van der Waals surface area contributed by atoms with Gasteiger partial charge in [0, 0.05) is 30.4 Å². The minimum Gasteiger partial charge on any atom is -0.483 e. The van der Waals surface area contributed by atoms with Crippen molar-refractivity contribution in [1.29, 1.82) is 0 Å². The predicted molar refractivity (Wildman–Crippen MR) is 116 cm³/mol. The van der Waals surface area contributed by atoms with Crippen LogP contribution < -0.4 is 10.6 Å². The molecule has 1 saturated heterocycles. The lowest BCUT2D eigenvalue weighted by atomic mass is 9.86. The normalized spacial score (nSPS) is 19.7. The molecule has 1 aliphatic carbocycles. The van der Waals surface area contributed by atoms with E-state index in [1.807, 2.05) is 20.8 Å². The van der Waals surface area contributed by atoms with Crippen molar-refractivity contribution < 1.29 is 19.8 Å². The van der Waals surface area contributed by atoms with Gasteiger partial charge in [0.05, 0.1) is 6.04 Å². The zero-order valence-electron chi connectivity index (χ0n) is 18.3. The van der Waals surface area contributed by atoms with E-state index in [2.05, 4.69) is 20.9 Å². The maximum atomic E-state index is 11.8. The average molecular weight is 422 g/mol. The summed E-state index contributed by atoms with van der Waals surface area (Å²) in [4.78, 5) is 32.7. The number of nitrogens with zero attached hydrogens (tertiary/aromatic N) is 4. The van der Waals surface area contributed by atoms with Crippen molar-refractivity contribution in [1.82, 2.24) is 14.9 Å². The Labute approximate surface area is 178 Å². The Morgan fingerprint density at radius 1 is 1.27 bits per heavy atom. The molecule has 4 N–H and O–H groups in total. The summed E-state index contributed by atoms with van der Waals surface area (Å²) in [5, 5.41) is 16.5. The van der Waals surface area contributed by atoms with Crippen molar-refractivity contribution in [3.63, 3.8) is 0 Å². The molecular weight excluding hydrogens is 386 g/mol. The molecule has 1 saturated carbocycles. The molecule has 168 valence electrons. The number of rotatable bonds is 4. The number of hydrogen-bond acceptors (Lipinski definition) is 6. The zero-order valence-corrected chi connectivity index (χ0v) is 18.3. The third-order valence-electron chi connectivity index (χ3n) is 5.79. The lowest BCUT2D eigenvalue weighted by Gasteiger charge is -2.38. The number of hydrogen-bond donors (Lipinski definition) is 3. The quantitative estimate of drug-likeness (QED) is 0.631. The molecule has 1 unspecified atom stereocenters. The SMILES string of the molecule is CC(C)(C)N(C(=O)O)C1CCN(c2cc(CC3CCCCC3)nc(N)n2)C1.O=CO. The Balaban J connectivity index is 0.00000101. The van der Waals surface area contributed by atoms with Crippen LogP contribution in [0.15, 0.2) is 6.07 Å². The fourth-order valence-electron chi connectivity index (χ4n) is 4.61. The number of aromatic nitrogens is 2. The minimum atomic E-state index is -0.866. The minimum absolute atomic E-state index is 0.0412. The van der Waals surface area contributed by atoms with Crippen LogP contribution in [0.1, 0.15) is 65.0 Å². The highest BCUT2D eigenvalue weighted by Gasteiger charge is 2.37. The second kappa shape index (κ2) is 10.4. The molecule has 9 nitrogen and oxygen atoms in total. The molecule has 9 heteroatoms. The Morgan fingerprint density at radius 3 is 2.47 bits per heavy atom. The summed E-state index contributed by atoms with van der Waals surface area (Å²) >= 11 is 0. The van der Waals surface area contributed by atoms with Gasteiger partial charge in [0.15, 0.2) is 0 Å². The maximum absolute atomic E-state index is 11.8. The largest absolute Gasteiger partial charge is 0.483 e. The highest BCUT2D eigenvalue weighted by Crippen LogP contribution is 2.30. The maximum Gasteiger partial charge on any atom is 0.408 e. The number of carboxylic acid groups (broad SMARTS) is 2. The van der Waals surface area contributed by atoms with Crippen molar-refractivity contribution >= 4 is 24.3 Å². The van der Waals surface area contributed by atoms with Crippen LogP contribution in [0.25, 0.3) is 0 Å². The van der Waals surface area contributed by atoms with E-state index in [9.17, 15) is 9.90 Å². The second-order valence-electron chi connectivity index (χ2n) is 9.10. The summed E-state index contributed by atoms with van der Waals surface area (Å²) in [6.07, 6.45) is 7.39. The first kappa shape index (κ1) is 23.7. The van der Waals surface area contributed by atoms with Crippen molar-refractivity contribution in [2.45, 2.75) is 77.3 Å². The van der Waals surface area contributed by atoms with E-state index in [-0.39, 0.29) is 12.5 Å². The van der Waals surface area contributed by atoms with Gasteiger partial charge in [0.2, 0.25) is 5.95 Å². The van der Waals surface area contributed by atoms with Crippen LogP contribution >= 0.6 is 0 Å². The standard InChI is InChI=1S/C20H33N5O2.CH2O2/c1-20(2,3)25(19(26)27)16-9-10-24(13-16)17-12-15(22-18(21)23-17)11-14-7-5-4-6-8-14;2-1-3/h12,14,16H,4-11,13H2,1-3H3,(H,26,27)(H2,21,22,23);1H,(H,2,3). The van der Waals surface area contributed by atoms with Crippen molar-refractivity contribution in [2.24, 2.45) is 5.92 Å². The molecule has 1 aliphatic heterocycles. The molecule has 1 amide bonds. The summed E-state index contributed by atoms with van der Waals surface area (Å²) < 4.78 is 0. The molecule has 30 heavy (non-hydrogen) atoms. The summed E-state index contributed by atoms with van der Waals surface area (Å²) in [5.41, 5.74) is 6.58. The Bertz CT molecular complexity index is 716. The summed E-state index contributed by atoms with van der Waals surface area (Å²) in [5.74, 6) is 1.83. The first-order chi connectivity index (χ1) is 14.2. The van der Waals surface area contributed by atoms with E-state index in [0.717, 1.165) is 30.9 Å². The van der Waals surface area contributed by atoms with Gasteiger partial charge < -0.3 is 20.8 Å². The highest BCUT2D eigenvalue weighted by atomic mass is 16.4. The molecule has 1 atom stereocenters. The fraction of sp³-hybridized carbons (Fsp3) is 0.714. The molecule has 0 radical (unpaired) electrons. The van der Waals surface area contributed by atoms with Gasteiger partial charge in [-0.3, -0.25) is 9.69 Å². The van der Waals surface area contributed by atoms with Gasteiger partial charge in [0.25, 0.3) is 6.47 Å². The van der Waals surface area contributed by atoms with Crippen LogP contribution in [0, 0.1) is 5.92 Å². The Morgan fingerprint density at radius 2 is 1.90 bits per heavy atom. The van der Waals surface area contributed by atoms with Crippen LogP contribution in [-0.2, 0) is 11.2 Å². The van der Waals surface area contributed by atoms with E-state index in [0.29, 0.717) is 18.4 Å². The van der Waals surface area contributed by atoms with Crippen LogP contribution in [0.3, 0.4) is 0 Å². The monoisotopic (exact) mass is 421 g/mol. The first-order valence-electron chi connectivity index (χ1n) is 10.6. The zero-order chi connectivity index (χ0) is 22.3. The summed E-state index contributed by atoms with van der Waals surface area (Å²) in [6.45, 7) is 6.99. The summed E-state index contributed by atoms with van der Waals surface area (Å²) in [7, 11) is 0. The highest BCUT2D eigenvalue weighted by molar-refractivity contribution is 5.67. The van der Waals surface area contributed by atoms with E-state index >= 15 is 0 Å². The van der Waals surface area contributed by atoms with Crippen LogP contribution in [0.4, 0.5) is 16.6 Å². The first-order valence-corrected chi connectivity index (χ1v) is 10.6. The lowest BCUT2D eigenvalue weighted by Crippen LogP contribution is -2.52. The Hall–Kier alpha value is -2.58. The third kappa shape index (κ3) is 6.47. The molecule has 1 aromatic heterocycles. The van der Waals surface area contributed by atoms with Crippen LogP contribution in [0.2, 0.25) is 0 Å². The van der Waals surface area contributed by atoms with Gasteiger partial charge >= 0.3 is 6.09 Å². The Kier molecular flexibility index (Phi) is 8.25. The number of carbonyl (C=O) groups is 2. The number of anilines is 2. The van der Waals surface area contributed by atoms with Gasteiger partial charge in [-0.15, -0.1) is 0 Å². The molecule has 2 aliphatic rings. The molecular formula is C21H35N5O4. The second-order valence-corrected chi connectivity index (χ2v) is 9.10. The molecule has 0 spiro atoms. The van der Waals surface area contributed by atoms with Gasteiger partial charge in [0.1, 0.15) is 5.82 Å². The number of nitrogen functional groups attached to an aromatic ring is 1. The van der Waals surface area contributed by atoms with E-state index in [1.54, 1.807) is 4.90 Å².